The number of aromatic nitrogens is 3. The van der Waals surface area contributed by atoms with Crippen molar-refractivity contribution in [3.05, 3.63) is 16.5 Å². The Balaban J connectivity index is 2.26. The van der Waals surface area contributed by atoms with Crippen LogP contribution in [0.1, 0.15) is 22.6 Å². The first-order valence-electron chi connectivity index (χ1n) is 5.14. The van der Waals surface area contributed by atoms with E-state index >= 15 is 0 Å². The van der Waals surface area contributed by atoms with E-state index in [1.54, 1.807) is 7.11 Å². The van der Waals surface area contributed by atoms with Gasteiger partial charge in [0.25, 0.3) is 5.89 Å². The fourth-order valence-electron chi connectivity index (χ4n) is 1.46. The van der Waals surface area contributed by atoms with Crippen LogP contribution >= 0.6 is 11.3 Å². The maximum atomic E-state index is 5.82. The zero-order chi connectivity index (χ0) is 12.4. The predicted molar refractivity (Wildman–Crippen MR) is 63.7 cm³/mol. The van der Waals surface area contributed by atoms with E-state index in [1.165, 1.54) is 11.3 Å². The number of nitrogens with two attached hydrogens (primary N) is 1. The average molecular weight is 254 g/mol. The van der Waals surface area contributed by atoms with Crippen LogP contribution in [0.3, 0.4) is 0 Å². The van der Waals surface area contributed by atoms with Crippen LogP contribution < -0.4 is 5.73 Å². The lowest BCUT2D eigenvalue weighted by Gasteiger charge is -2.02. The first-order chi connectivity index (χ1) is 8.11. The molecule has 1 atom stereocenters. The van der Waals surface area contributed by atoms with Crippen LogP contribution in [0.5, 0.6) is 0 Å². The summed E-state index contributed by atoms with van der Waals surface area (Å²) in [6.45, 7) is 4.21. The van der Waals surface area contributed by atoms with Crippen LogP contribution in [0.15, 0.2) is 4.52 Å². The lowest BCUT2D eigenvalue weighted by Crippen LogP contribution is -2.17. The van der Waals surface area contributed by atoms with Crippen molar-refractivity contribution in [1.82, 2.24) is 15.1 Å². The fourth-order valence-corrected chi connectivity index (χ4v) is 2.30. The number of ether oxygens (including phenoxy) is 1. The van der Waals surface area contributed by atoms with Crippen molar-refractivity contribution in [1.29, 1.82) is 0 Å². The zero-order valence-electron chi connectivity index (χ0n) is 9.93. The minimum absolute atomic E-state index is 0.361. The van der Waals surface area contributed by atoms with Gasteiger partial charge >= 0.3 is 0 Å². The summed E-state index contributed by atoms with van der Waals surface area (Å²) in [6, 6.07) is -0.369. The molecule has 0 aliphatic heterocycles. The van der Waals surface area contributed by atoms with Gasteiger partial charge < -0.3 is 15.0 Å². The maximum Gasteiger partial charge on any atom is 0.269 e. The lowest BCUT2D eigenvalue weighted by atomic mass is 10.3. The van der Waals surface area contributed by atoms with Crippen LogP contribution in [0.25, 0.3) is 10.8 Å². The zero-order valence-corrected chi connectivity index (χ0v) is 10.7. The summed E-state index contributed by atoms with van der Waals surface area (Å²) >= 11 is 1.53. The van der Waals surface area contributed by atoms with Gasteiger partial charge in [0, 0.05) is 7.11 Å². The fraction of sp³-hybridized carbons (Fsp3) is 0.500. The third kappa shape index (κ3) is 2.51. The summed E-state index contributed by atoms with van der Waals surface area (Å²) in [4.78, 5) is 9.47. The molecular formula is C10H14N4O2S. The Morgan fingerprint density at radius 3 is 2.76 bits per heavy atom. The van der Waals surface area contributed by atoms with E-state index in [0.717, 1.165) is 15.6 Å². The number of methoxy groups -OCH3 is 1. The molecule has 2 rings (SSSR count). The van der Waals surface area contributed by atoms with Crippen molar-refractivity contribution >= 4 is 11.3 Å². The molecule has 2 heterocycles. The molecule has 0 fully saturated rings. The summed E-state index contributed by atoms with van der Waals surface area (Å²) in [7, 11) is 1.58. The quantitative estimate of drug-likeness (QED) is 0.888. The normalized spacial score (nSPS) is 12.9. The van der Waals surface area contributed by atoms with Gasteiger partial charge in [0.15, 0.2) is 5.82 Å². The standard InChI is InChI=1S/C10H14N4O2S/c1-5-8(17-6(2)12-5)10-13-9(14-16-10)7(11)4-15-3/h7H,4,11H2,1-3H3. The second kappa shape index (κ2) is 4.91. The highest BCUT2D eigenvalue weighted by molar-refractivity contribution is 7.15. The van der Waals surface area contributed by atoms with Crippen LogP contribution in [-0.2, 0) is 4.74 Å². The minimum Gasteiger partial charge on any atom is -0.383 e. The van der Waals surface area contributed by atoms with Gasteiger partial charge in [-0.05, 0) is 13.8 Å². The van der Waals surface area contributed by atoms with Gasteiger partial charge in [-0.25, -0.2) is 4.98 Å². The molecule has 0 bridgehead atoms. The van der Waals surface area contributed by atoms with Crippen molar-refractivity contribution in [3.8, 4) is 10.8 Å². The molecule has 0 aliphatic carbocycles. The Hall–Kier alpha value is -1.31. The summed E-state index contributed by atoms with van der Waals surface area (Å²) in [6.07, 6.45) is 0. The van der Waals surface area contributed by atoms with Gasteiger partial charge in [-0.3, -0.25) is 0 Å². The highest BCUT2D eigenvalue weighted by Crippen LogP contribution is 2.28. The van der Waals surface area contributed by atoms with E-state index in [-0.39, 0.29) is 6.04 Å². The molecule has 1 unspecified atom stereocenters. The summed E-state index contributed by atoms with van der Waals surface area (Å²) in [5, 5.41) is 4.82. The number of hydrogen-bond acceptors (Lipinski definition) is 7. The van der Waals surface area contributed by atoms with E-state index < -0.39 is 0 Å². The first kappa shape index (κ1) is 12.2. The lowest BCUT2D eigenvalue weighted by molar-refractivity contribution is 0.177. The molecule has 6 nitrogen and oxygen atoms in total. The Morgan fingerprint density at radius 1 is 1.41 bits per heavy atom. The number of rotatable bonds is 4. The van der Waals surface area contributed by atoms with Gasteiger partial charge in [0.2, 0.25) is 0 Å². The van der Waals surface area contributed by atoms with Crippen LogP contribution in [-0.4, -0.2) is 28.8 Å². The molecule has 2 aromatic rings. The second-order valence-electron chi connectivity index (χ2n) is 3.67. The minimum atomic E-state index is -0.369. The van der Waals surface area contributed by atoms with Crippen LogP contribution in [0, 0.1) is 13.8 Å². The third-order valence-electron chi connectivity index (χ3n) is 2.22. The average Bonchev–Trinajstić information content (AvgIpc) is 2.85. The highest BCUT2D eigenvalue weighted by atomic mass is 32.1. The molecule has 0 aliphatic rings. The number of aryl methyl sites for hydroxylation is 2. The molecule has 0 radical (unpaired) electrons. The maximum absolute atomic E-state index is 5.82. The number of hydrogen-bond donors (Lipinski definition) is 1. The Morgan fingerprint density at radius 2 is 2.18 bits per heavy atom. The SMILES string of the molecule is COCC(N)c1noc(-c2sc(C)nc2C)n1. The third-order valence-corrected chi connectivity index (χ3v) is 3.28. The number of thiazole rings is 1. The molecular weight excluding hydrogens is 240 g/mol. The van der Waals surface area contributed by atoms with E-state index in [0.29, 0.717) is 18.3 Å². The monoisotopic (exact) mass is 254 g/mol. The molecule has 2 N–H and O–H groups in total. The topological polar surface area (TPSA) is 87.1 Å². The van der Waals surface area contributed by atoms with Gasteiger partial charge in [0.1, 0.15) is 4.88 Å². The molecule has 0 saturated carbocycles. The molecule has 7 heteroatoms. The van der Waals surface area contributed by atoms with Crippen molar-refractivity contribution in [3.63, 3.8) is 0 Å². The van der Waals surface area contributed by atoms with E-state index in [4.69, 9.17) is 15.0 Å². The molecule has 0 aromatic carbocycles. The molecule has 17 heavy (non-hydrogen) atoms. The summed E-state index contributed by atoms with van der Waals surface area (Å²) in [5.74, 6) is 0.918. The summed E-state index contributed by atoms with van der Waals surface area (Å²) in [5.41, 5.74) is 6.71. The van der Waals surface area contributed by atoms with Crippen LogP contribution in [0.4, 0.5) is 0 Å². The molecule has 0 spiro atoms. The van der Waals surface area contributed by atoms with Gasteiger partial charge in [-0.1, -0.05) is 5.16 Å². The first-order valence-corrected chi connectivity index (χ1v) is 5.96. The Kier molecular flexibility index (Phi) is 3.51. The molecule has 92 valence electrons. The Labute approximate surface area is 103 Å². The van der Waals surface area contributed by atoms with E-state index in [1.807, 2.05) is 13.8 Å². The number of nitrogens with zero attached hydrogens (tertiary/aromatic N) is 3. The van der Waals surface area contributed by atoms with Gasteiger partial charge in [-0.2, -0.15) is 4.98 Å². The summed E-state index contributed by atoms with van der Waals surface area (Å²) < 4.78 is 10.1. The van der Waals surface area contributed by atoms with Crippen molar-refractivity contribution < 1.29 is 9.26 Å². The van der Waals surface area contributed by atoms with Crippen molar-refractivity contribution in [2.45, 2.75) is 19.9 Å². The largest absolute Gasteiger partial charge is 0.383 e. The second-order valence-corrected chi connectivity index (χ2v) is 4.87. The Bertz CT molecular complexity index is 508. The van der Waals surface area contributed by atoms with E-state index in [2.05, 4.69) is 15.1 Å². The molecule has 0 amide bonds. The molecule has 0 saturated heterocycles. The van der Waals surface area contributed by atoms with Gasteiger partial charge in [0.05, 0.1) is 23.4 Å². The molecule has 2 aromatic heterocycles. The smallest absolute Gasteiger partial charge is 0.269 e. The van der Waals surface area contributed by atoms with Crippen molar-refractivity contribution in [2.24, 2.45) is 5.73 Å². The van der Waals surface area contributed by atoms with Crippen LogP contribution in [0.2, 0.25) is 0 Å². The van der Waals surface area contributed by atoms with Gasteiger partial charge in [-0.15, -0.1) is 11.3 Å². The van der Waals surface area contributed by atoms with E-state index in [9.17, 15) is 0 Å². The highest BCUT2D eigenvalue weighted by Gasteiger charge is 2.18. The predicted octanol–water partition coefficient (Wildman–Crippen LogP) is 1.46. The van der Waals surface area contributed by atoms with Crippen molar-refractivity contribution in [2.75, 3.05) is 13.7 Å².